The fourth-order valence-electron chi connectivity index (χ4n) is 14.0. The average molecular weight is 1450 g/mol. The Hall–Kier alpha value is -2.51. The topological polar surface area (TPSA) is 307 Å². The van der Waals surface area contributed by atoms with Crippen molar-refractivity contribution in [3.05, 3.63) is 60.8 Å². The van der Waals surface area contributed by atoms with Crippen LogP contribution >= 0.6 is 0 Å². The lowest BCUT2D eigenvalue weighted by Crippen LogP contribution is -2.66. The number of rotatable bonds is 66. The van der Waals surface area contributed by atoms with Gasteiger partial charge in [-0.25, -0.2) is 0 Å². The zero-order valence-corrected chi connectivity index (χ0v) is 63.8. The van der Waals surface area contributed by atoms with E-state index in [2.05, 4.69) is 79.9 Å². The highest BCUT2D eigenvalue weighted by Gasteiger charge is 2.54. The molecule has 3 aliphatic heterocycles. The first-order valence-corrected chi connectivity index (χ1v) is 41.5. The monoisotopic (exact) mass is 1450 g/mol. The Labute approximate surface area is 617 Å². The molecule has 19 heteroatoms. The molecule has 3 aliphatic rings. The van der Waals surface area contributed by atoms with E-state index in [1.165, 1.54) is 212 Å². The molecule has 3 heterocycles. The van der Waals surface area contributed by atoms with Gasteiger partial charge in [0.1, 0.15) is 73.2 Å². The second-order valence-corrected chi connectivity index (χ2v) is 29.6. The fourth-order valence-corrected chi connectivity index (χ4v) is 14.0. The van der Waals surface area contributed by atoms with Crippen molar-refractivity contribution in [2.24, 2.45) is 0 Å². The van der Waals surface area contributed by atoms with Crippen molar-refractivity contribution >= 4 is 5.91 Å². The van der Waals surface area contributed by atoms with Crippen LogP contribution in [0.1, 0.15) is 328 Å². The van der Waals surface area contributed by atoms with Gasteiger partial charge in [-0.3, -0.25) is 4.79 Å². The van der Waals surface area contributed by atoms with Crippen molar-refractivity contribution in [3.8, 4) is 0 Å². The van der Waals surface area contributed by atoms with E-state index in [4.69, 9.17) is 28.4 Å². The van der Waals surface area contributed by atoms with Crippen LogP contribution < -0.4 is 5.32 Å². The van der Waals surface area contributed by atoms with Gasteiger partial charge in [0.15, 0.2) is 18.9 Å². The van der Waals surface area contributed by atoms with Crippen LogP contribution in [-0.2, 0) is 33.2 Å². The summed E-state index contributed by atoms with van der Waals surface area (Å²) in [6, 6.07) is -0.894. The van der Waals surface area contributed by atoms with Crippen molar-refractivity contribution in [1.29, 1.82) is 0 Å². The third kappa shape index (κ3) is 42.9. The van der Waals surface area contributed by atoms with Crippen molar-refractivity contribution in [2.45, 2.75) is 433 Å². The summed E-state index contributed by atoms with van der Waals surface area (Å²) < 4.78 is 34.5. The Morgan fingerprint density at radius 2 is 0.676 bits per heavy atom. The molecule has 17 atom stereocenters. The molecule has 0 radical (unpaired) electrons. The lowest BCUT2D eigenvalue weighted by atomic mass is 9.96. The van der Waals surface area contributed by atoms with Crippen molar-refractivity contribution in [1.82, 2.24) is 5.32 Å². The van der Waals surface area contributed by atoms with Crippen LogP contribution in [0.3, 0.4) is 0 Å². The SMILES string of the molecule is CC/C=C\C/C=C\C/C=C\C/C=C\C/C=C\CCCCCCCCCCCCCC(=O)NC(COC1OC(CO)C(OC2OC(CO)C(OC3OC(CO)C(O)C(O)C3O)C(O)C2O)C(O)C1O)C(O)CCCCCCCCCCCCCCCCCCCCCCCCCCCCCCCC. The van der Waals surface area contributed by atoms with Crippen LogP contribution in [0.5, 0.6) is 0 Å². The second-order valence-electron chi connectivity index (χ2n) is 29.6. The highest BCUT2D eigenvalue weighted by atomic mass is 16.8. The van der Waals surface area contributed by atoms with Crippen molar-refractivity contribution in [2.75, 3.05) is 26.4 Å². The summed E-state index contributed by atoms with van der Waals surface area (Å²) in [5, 5.41) is 121. The lowest BCUT2D eigenvalue weighted by Gasteiger charge is -2.48. The Bertz CT molecular complexity index is 2080. The molecular weight excluding hydrogens is 1300 g/mol. The summed E-state index contributed by atoms with van der Waals surface area (Å²) in [5.74, 6) is -0.244. The van der Waals surface area contributed by atoms with Gasteiger partial charge in [-0.1, -0.05) is 325 Å². The minimum Gasteiger partial charge on any atom is -0.394 e. The highest BCUT2D eigenvalue weighted by molar-refractivity contribution is 5.76. The average Bonchev–Trinajstić information content (AvgIpc) is 0.782. The van der Waals surface area contributed by atoms with Crippen LogP contribution in [-0.4, -0.2) is 193 Å². The smallest absolute Gasteiger partial charge is 0.220 e. The van der Waals surface area contributed by atoms with Gasteiger partial charge in [-0.05, 0) is 57.8 Å². The lowest BCUT2D eigenvalue weighted by molar-refractivity contribution is -0.379. The quantitative estimate of drug-likeness (QED) is 0.0199. The summed E-state index contributed by atoms with van der Waals surface area (Å²) in [6.07, 6.45) is 54.5. The Morgan fingerprint density at radius 3 is 1.06 bits per heavy atom. The zero-order valence-electron chi connectivity index (χ0n) is 63.8. The fraction of sp³-hybridized carbons (Fsp3) is 0.867. The Kier molecular flexibility index (Phi) is 58.3. The van der Waals surface area contributed by atoms with Crippen LogP contribution in [0, 0.1) is 0 Å². The minimum absolute atomic E-state index is 0.244. The Morgan fingerprint density at radius 1 is 0.363 bits per heavy atom. The summed E-state index contributed by atoms with van der Waals surface area (Å²) in [5.41, 5.74) is 0. The molecular formula is C83H151NO18. The number of carbonyl (C=O) groups is 1. The van der Waals surface area contributed by atoms with Crippen LogP contribution in [0.15, 0.2) is 60.8 Å². The van der Waals surface area contributed by atoms with E-state index in [1.807, 2.05) is 0 Å². The summed E-state index contributed by atoms with van der Waals surface area (Å²) in [4.78, 5) is 13.5. The number of hydrogen-bond donors (Lipinski definition) is 12. The maximum absolute atomic E-state index is 13.5. The first-order chi connectivity index (χ1) is 49.8. The van der Waals surface area contributed by atoms with Crippen molar-refractivity contribution < 1.29 is 89.4 Å². The van der Waals surface area contributed by atoms with Gasteiger partial charge in [0.25, 0.3) is 0 Å². The number of nitrogens with one attached hydrogen (secondary N) is 1. The molecule has 19 nitrogen and oxygen atoms in total. The van der Waals surface area contributed by atoms with Crippen LogP contribution in [0.4, 0.5) is 0 Å². The van der Waals surface area contributed by atoms with Gasteiger partial charge in [0, 0.05) is 6.42 Å². The number of unbranched alkanes of at least 4 members (excludes halogenated alkanes) is 40. The molecule has 1 amide bonds. The zero-order chi connectivity index (χ0) is 73.9. The summed E-state index contributed by atoms with van der Waals surface area (Å²) in [6.45, 7) is 1.73. The molecule has 102 heavy (non-hydrogen) atoms. The molecule has 0 saturated carbocycles. The van der Waals surface area contributed by atoms with E-state index >= 15 is 0 Å². The molecule has 3 rings (SSSR count). The first-order valence-electron chi connectivity index (χ1n) is 41.5. The molecule has 3 fully saturated rings. The van der Waals surface area contributed by atoms with Crippen LogP contribution in [0.25, 0.3) is 0 Å². The molecule has 3 saturated heterocycles. The van der Waals surface area contributed by atoms with Gasteiger partial charge < -0.3 is 89.9 Å². The van der Waals surface area contributed by atoms with E-state index in [-0.39, 0.29) is 18.9 Å². The second kappa shape index (κ2) is 63.4. The molecule has 0 aromatic heterocycles. The Balaban J connectivity index is 1.36. The molecule has 596 valence electrons. The van der Waals surface area contributed by atoms with Crippen molar-refractivity contribution in [3.63, 3.8) is 0 Å². The number of carbonyl (C=O) groups excluding carboxylic acids is 1. The molecule has 12 N–H and O–H groups in total. The number of allylic oxidation sites excluding steroid dienone is 10. The molecule has 0 aromatic rings. The van der Waals surface area contributed by atoms with Gasteiger partial charge >= 0.3 is 0 Å². The van der Waals surface area contributed by atoms with Gasteiger partial charge in [-0.2, -0.15) is 0 Å². The minimum atomic E-state index is -1.98. The third-order valence-corrected chi connectivity index (χ3v) is 20.6. The van der Waals surface area contributed by atoms with E-state index in [0.29, 0.717) is 12.8 Å². The van der Waals surface area contributed by atoms with E-state index in [1.54, 1.807) is 0 Å². The van der Waals surface area contributed by atoms with E-state index < -0.39 is 124 Å². The number of hydrogen-bond acceptors (Lipinski definition) is 18. The largest absolute Gasteiger partial charge is 0.394 e. The maximum atomic E-state index is 13.5. The maximum Gasteiger partial charge on any atom is 0.220 e. The third-order valence-electron chi connectivity index (χ3n) is 20.6. The molecule has 0 spiro atoms. The summed E-state index contributed by atoms with van der Waals surface area (Å²) in [7, 11) is 0. The first kappa shape index (κ1) is 93.7. The standard InChI is InChI=1S/C83H151NO18/c1-3-5-7-9-11-13-15-17-19-21-23-25-27-29-31-32-33-35-36-38-40-42-44-46-48-50-52-54-56-58-60-67(88)66(84-71(89)61-59-57-55-53-51-49-47-45-43-41-39-37-34-30-28-26-24-22-20-18-16-14-12-10-8-6-4-2)65-97-81-77(95)74(92)79(69(63-86)99-81)102-83-78(96)75(93)80(70(64-87)100-83)101-82-76(94)73(91)72(90)68(62-85)98-82/h6,8,12,14,18,20,24,26,30,34,66-70,72-83,85-88,90-96H,3-5,7,9-11,13,15-17,19,21-23,25,27-29,31-33,35-65H2,1-2H3,(H,84,89)/b8-6-,14-12-,20-18-,26-24-,34-30-. The highest BCUT2D eigenvalue weighted by Crippen LogP contribution is 2.33. The molecule has 0 bridgehead atoms. The van der Waals surface area contributed by atoms with E-state index in [0.717, 1.165) is 83.5 Å². The number of amides is 1. The van der Waals surface area contributed by atoms with Gasteiger partial charge in [0.05, 0.1) is 38.6 Å². The predicted molar refractivity (Wildman–Crippen MR) is 406 cm³/mol. The number of aliphatic hydroxyl groups excluding tert-OH is 11. The predicted octanol–water partition coefficient (Wildman–Crippen LogP) is 14.2. The van der Waals surface area contributed by atoms with Gasteiger partial charge in [-0.15, -0.1) is 0 Å². The van der Waals surface area contributed by atoms with Crippen LogP contribution in [0.2, 0.25) is 0 Å². The van der Waals surface area contributed by atoms with Gasteiger partial charge in [0.2, 0.25) is 5.91 Å². The molecule has 0 aromatic carbocycles. The number of ether oxygens (including phenoxy) is 6. The molecule has 0 aliphatic carbocycles. The normalized spacial score (nSPS) is 26.5. The van der Waals surface area contributed by atoms with E-state index in [9.17, 15) is 61.0 Å². The molecule has 17 unspecified atom stereocenters. The number of aliphatic hydroxyl groups is 11. The summed E-state index contributed by atoms with van der Waals surface area (Å²) >= 11 is 0.